The standard InChI is InChI=1S/C13H15ClFNO3S/c1-8(9-3-2-4-9)16-13(17)11-6-5-10(7-12(11)15)20(14,18)19/h5-9H,2-4H2,1H3,(H,16,17). The van der Waals surface area contributed by atoms with E-state index in [1.54, 1.807) is 0 Å². The Morgan fingerprint density at radius 1 is 1.45 bits per heavy atom. The van der Waals surface area contributed by atoms with E-state index in [1.807, 2.05) is 6.92 Å². The van der Waals surface area contributed by atoms with Crippen molar-refractivity contribution in [3.8, 4) is 0 Å². The fourth-order valence-electron chi connectivity index (χ4n) is 2.17. The smallest absolute Gasteiger partial charge is 0.261 e. The number of halogens is 2. The van der Waals surface area contributed by atoms with Crippen molar-refractivity contribution in [2.45, 2.75) is 37.1 Å². The van der Waals surface area contributed by atoms with Crippen LogP contribution in [0.5, 0.6) is 0 Å². The van der Waals surface area contributed by atoms with Gasteiger partial charge in [-0.1, -0.05) is 6.42 Å². The number of nitrogens with one attached hydrogen (secondary N) is 1. The zero-order chi connectivity index (χ0) is 14.9. The molecular weight excluding hydrogens is 305 g/mol. The highest BCUT2D eigenvalue weighted by atomic mass is 35.7. The van der Waals surface area contributed by atoms with E-state index in [9.17, 15) is 17.6 Å². The van der Waals surface area contributed by atoms with Crippen LogP contribution in [0, 0.1) is 11.7 Å². The summed E-state index contributed by atoms with van der Waals surface area (Å²) >= 11 is 0. The van der Waals surface area contributed by atoms with Gasteiger partial charge in [0.25, 0.3) is 15.0 Å². The van der Waals surface area contributed by atoms with E-state index < -0.39 is 20.8 Å². The molecule has 0 radical (unpaired) electrons. The molecule has 7 heteroatoms. The van der Waals surface area contributed by atoms with Crippen LogP contribution >= 0.6 is 10.7 Å². The van der Waals surface area contributed by atoms with Gasteiger partial charge < -0.3 is 5.32 Å². The maximum Gasteiger partial charge on any atom is 0.261 e. The highest BCUT2D eigenvalue weighted by Gasteiger charge is 2.26. The Morgan fingerprint density at radius 3 is 2.55 bits per heavy atom. The van der Waals surface area contributed by atoms with Crippen molar-refractivity contribution in [2.24, 2.45) is 5.92 Å². The topological polar surface area (TPSA) is 63.2 Å². The second-order valence-electron chi connectivity index (χ2n) is 5.03. The summed E-state index contributed by atoms with van der Waals surface area (Å²) in [5.74, 6) is -1.00. The number of rotatable bonds is 4. The molecule has 1 aliphatic carbocycles. The van der Waals surface area contributed by atoms with Gasteiger partial charge in [-0.3, -0.25) is 4.79 Å². The van der Waals surface area contributed by atoms with Crippen LogP contribution < -0.4 is 5.32 Å². The molecule has 1 atom stereocenters. The lowest BCUT2D eigenvalue weighted by molar-refractivity contribution is 0.0905. The molecule has 0 aliphatic heterocycles. The summed E-state index contributed by atoms with van der Waals surface area (Å²) in [4.78, 5) is 11.6. The van der Waals surface area contributed by atoms with E-state index in [4.69, 9.17) is 10.7 Å². The lowest BCUT2D eigenvalue weighted by atomic mass is 9.80. The van der Waals surface area contributed by atoms with Crippen molar-refractivity contribution < 1.29 is 17.6 Å². The summed E-state index contributed by atoms with van der Waals surface area (Å²) < 4.78 is 36.0. The first-order valence-corrected chi connectivity index (χ1v) is 8.65. The Bertz CT molecular complexity index is 629. The van der Waals surface area contributed by atoms with Gasteiger partial charge in [0.05, 0.1) is 10.5 Å². The second-order valence-corrected chi connectivity index (χ2v) is 7.60. The molecule has 1 fully saturated rings. The molecule has 1 saturated carbocycles. The largest absolute Gasteiger partial charge is 0.349 e. The average molecular weight is 320 g/mol. The van der Waals surface area contributed by atoms with Gasteiger partial charge in [0.15, 0.2) is 0 Å². The van der Waals surface area contributed by atoms with Crippen LogP contribution in [-0.4, -0.2) is 20.4 Å². The molecule has 0 bridgehead atoms. The number of benzene rings is 1. The highest BCUT2D eigenvalue weighted by Crippen LogP contribution is 2.29. The van der Waals surface area contributed by atoms with Gasteiger partial charge in [-0.25, -0.2) is 12.8 Å². The van der Waals surface area contributed by atoms with Crippen molar-refractivity contribution >= 4 is 25.6 Å². The van der Waals surface area contributed by atoms with E-state index in [0.29, 0.717) is 5.92 Å². The molecule has 1 aliphatic rings. The quantitative estimate of drug-likeness (QED) is 0.868. The summed E-state index contributed by atoms with van der Waals surface area (Å²) in [6.45, 7) is 1.89. The summed E-state index contributed by atoms with van der Waals surface area (Å²) in [5.41, 5.74) is -0.180. The molecule has 1 amide bonds. The number of hydrogen-bond acceptors (Lipinski definition) is 3. The van der Waals surface area contributed by atoms with Gasteiger partial charge in [0, 0.05) is 16.7 Å². The van der Waals surface area contributed by atoms with Crippen LogP contribution in [0.15, 0.2) is 23.1 Å². The second kappa shape index (κ2) is 5.69. The number of carbonyl (C=O) groups is 1. The third-order valence-corrected chi connectivity index (χ3v) is 5.03. The molecule has 0 aromatic heterocycles. The molecule has 0 heterocycles. The minimum atomic E-state index is -4.00. The van der Waals surface area contributed by atoms with Crippen LogP contribution in [0.2, 0.25) is 0 Å². The summed E-state index contributed by atoms with van der Waals surface area (Å²) in [5, 5.41) is 2.74. The molecule has 0 spiro atoms. The Labute approximate surface area is 121 Å². The maximum absolute atomic E-state index is 13.8. The fraction of sp³-hybridized carbons (Fsp3) is 0.462. The van der Waals surface area contributed by atoms with Gasteiger partial charge >= 0.3 is 0 Å². The molecular formula is C13H15ClFNO3S. The predicted molar refractivity (Wildman–Crippen MR) is 73.7 cm³/mol. The van der Waals surface area contributed by atoms with Crippen molar-refractivity contribution in [3.63, 3.8) is 0 Å². The predicted octanol–water partition coefficient (Wildman–Crippen LogP) is 2.67. The zero-order valence-electron chi connectivity index (χ0n) is 10.9. The lowest BCUT2D eigenvalue weighted by Crippen LogP contribution is -2.41. The summed E-state index contributed by atoms with van der Waals surface area (Å²) in [7, 11) is 1.12. The molecule has 20 heavy (non-hydrogen) atoms. The van der Waals surface area contributed by atoms with Crippen LogP contribution in [0.1, 0.15) is 36.5 Å². The van der Waals surface area contributed by atoms with Gasteiger partial charge in [0.2, 0.25) is 0 Å². The molecule has 1 N–H and O–H groups in total. The van der Waals surface area contributed by atoms with E-state index in [0.717, 1.165) is 37.5 Å². The van der Waals surface area contributed by atoms with Gasteiger partial charge in [-0.15, -0.1) is 0 Å². The highest BCUT2D eigenvalue weighted by molar-refractivity contribution is 8.13. The first kappa shape index (κ1) is 15.3. The SMILES string of the molecule is CC(NC(=O)c1ccc(S(=O)(=O)Cl)cc1F)C1CCC1. The number of amides is 1. The summed E-state index contributed by atoms with van der Waals surface area (Å²) in [6.07, 6.45) is 3.28. The molecule has 1 unspecified atom stereocenters. The number of hydrogen-bond donors (Lipinski definition) is 1. The average Bonchev–Trinajstić information content (AvgIpc) is 2.24. The third-order valence-electron chi connectivity index (χ3n) is 3.68. The Morgan fingerprint density at radius 2 is 2.10 bits per heavy atom. The molecule has 110 valence electrons. The lowest BCUT2D eigenvalue weighted by Gasteiger charge is -2.31. The van der Waals surface area contributed by atoms with Crippen molar-refractivity contribution in [3.05, 3.63) is 29.6 Å². The molecule has 1 aromatic rings. The minimum Gasteiger partial charge on any atom is -0.349 e. The van der Waals surface area contributed by atoms with Crippen LogP contribution in [0.4, 0.5) is 4.39 Å². The van der Waals surface area contributed by atoms with E-state index in [-0.39, 0.29) is 16.5 Å². The Hall–Kier alpha value is -1.14. The van der Waals surface area contributed by atoms with Crippen molar-refractivity contribution in [2.75, 3.05) is 0 Å². The zero-order valence-corrected chi connectivity index (χ0v) is 12.5. The van der Waals surface area contributed by atoms with Crippen LogP contribution in [0.25, 0.3) is 0 Å². The normalized spacial score (nSPS) is 17.4. The van der Waals surface area contributed by atoms with Crippen molar-refractivity contribution in [1.82, 2.24) is 5.32 Å². The third kappa shape index (κ3) is 3.30. The first-order valence-electron chi connectivity index (χ1n) is 6.34. The molecule has 2 rings (SSSR count). The Kier molecular flexibility index (Phi) is 4.34. The summed E-state index contributed by atoms with van der Waals surface area (Å²) in [6, 6.07) is 2.99. The van der Waals surface area contributed by atoms with E-state index in [1.165, 1.54) is 0 Å². The molecule has 1 aromatic carbocycles. The molecule has 0 saturated heterocycles. The van der Waals surface area contributed by atoms with Gasteiger partial charge in [-0.05, 0) is 43.9 Å². The molecule has 4 nitrogen and oxygen atoms in total. The van der Waals surface area contributed by atoms with Crippen LogP contribution in [-0.2, 0) is 9.05 Å². The van der Waals surface area contributed by atoms with Gasteiger partial charge in [0.1, 0.15) is 5.82 Å². The fourth-order valence-corrected chi connectivity index (χ4v) is 2.94. The number of carbonyl (C=O) groups excluding carboxylic acids is 1. The first-order chi connectivity index (χ1) is 9.29. The van der Waals surface area contributed by atoms with E-state index >= 15 is 0 Å². The van der Waals surface area contributed by atoms with E-state index in [2.05, 4.69) is 5.32 Å². The van der Waals surface area contributed by atoms with Gasteiger partial charge in [-0.2, -0.15) is 0 Å². The maximum atomic E-state index is 13.8. The van der Waals surface area contributed by atoms with Crippen molar-refractivity contribution in [1.29, 1.82) is 0 Å². The monoisotopic (exact) mass is 319 g/mol. The minimum absolute atomic E-state index is 0.0212. The Balaban J connectivity index is 2.14. The van der Waals surface area contributed by atoms with Crippen LogP contribution in [0.3, 0.4) is 0 Å².